The van der Waals surface area contributed by atoms with E-state index >= 15 is 0 Å². The van der Waals surface area contributed by atoms with Gasteiger partial charge >= 0.3 is 0 Å². The number of hydrogen-bond acceptors (Lipinski definition) is 2. The summed E-state index contributed by atoms with van der Waals surface area (Å²) in [5, 5.41) is 8.27. The molecule has 1 N–H and O–H groups in total. The second-order valence-corrected chi connectivity index (χ2v) is 1.68. The van der Waals surface area contributed by atoms with Gasteiger partial charge in [0, 0.05) is 13.0 Å². The molecule has 0 fully saturated rings. The van der Waals surface area contributed by atoms with Crippen molar-refractivity contribution in [2.24, 2.45) is 0 Å². The quantitative estimate of drug-likeness (QED) is 0.534. The van der Waals surface area contributed by atoms with E-state index in [0.29, 0.717) is 6.42 Å². The van der Waals surface area contributed by atoms with E-state index in [1.54, 1.807) is 6.29 Å². The maximum absolute atomic E-state index is 9.58. The highest BCUT2D eigenvalue weighted by atomic mass is 16.2. The maximum atomic E-state index is 9.58. The van der Waals surface area contributed by atoms with Crippen molar-refractivity contribution in [1.29, 1.82) is 0 Å². The summed E-state index contributed by atoms with van der Waals surface area (Å²) in [7, 11) is 0. The van der Waals surface area contributed by atoms with Crippen LogP contribution in [0, 0.1) is 0 Å². The van der Waals surface area contributed by atoms with Crippen LogP contribution in [0.25, 0.3) is 0 Å². The molecule has 1 radical (unpaired) electrons. The number of aliphatic hydroxyl groups is 1. The summed E-state index contributed by atoms with van der Waals surface area (Å²) in [4.78, 5) is 9.58. The normalized spacial score (nSPS) is 9.12. The van der Waals surface area contributed by atoms with Crippen LogP contribution in [-0.4, -0.2) is 18.0 Å². The van der Waals surface area contributed by atoms with Gasteiger partial charge in [0.25, 0.3) is 0 Å². The largest absolute Gasteiger partial charge is 0.396 e. The van der Waals surface area contributed by atoms with Gasteiger partial charge in [-0.15, -0.1) is 0 Å². The van der Waals surface area contributed by atoms with Crippen LogP contribution in [0.5, 0.6) is 0 Å². The van der Waals surface area contributed by atoms with Gasteiger partial charge in [-0.1, -0.05) is 6.42 Å². The Labute approximate surface area is 49.5 Å². The topological polar surface area (TPSA) is 37.3 Å². The number of hydrogen-bond donors (Lipinski definition) is 1. The highest BCUT2D eigenvalue weighted by Crippen LogP contribution is 1.95. The Hall–Kier alpha value is -0.370. The molecule has 2 heteroatoms. The van der Waals surface area contributed by atoms with Crippen molar-refractivity contribution in [3.05, 3.63) is 0 Å². The first kappa shape index (κ1) is 7.63. The van der Waals surface area contributed by atoms with Gasteiger partial charge in [-0.3, -0.25) is 4.79 Å². The number of carbonyl (C=O) groups excluding carboxylic acids is 1. The van der Waals surface area contributed by atoms with Crippen LogP contribution < -0.4 is 0 Å². The van der Waals surface area contributed by atoms with Gasteiger partial charge in [-0.05, 0) is 12.8 Å². The minimum atomic E-state index is 0.235. The van der Waals surface area contributed by atoms with Gasteiger partial charge in [0.1, 0.15) is 0 Å². The van der Waals surface area contributed by atoms with E-state index in [4.69, 9.17) is 5.11 Å². The van der Waals surface area contributed by atoms with E-state index in [-0.39, 0.29) is 6.61 Å². The average molecular weight is 115 g/mol. The summed E-state index contributed by atoms with van der Waals surface area (Å²) in [5.41, 5.74) is 0. The predicted octanol–water partition coefficient (Wildman–Crippen LogP) is 0.649. The average Bonchev–Trinajstić information content (AvgIpc) is 1.81. The summed E-state index contributed by atoms with van der Waals surface area (Å²) in [6, 6.07) is 0. The summed E-state index contributed by atoms with van der Waals surface area (Å²) < 4.78 is 0. The Bertz CT molecular complexity index is 52.5. The van der Waals surface area contributed by atoms with E-state index in [2.05, 4.69) is 0 Å². The van der Waals surface area contributed by atoms with E-state index in [1.807, 2.05) is 0 Å². The Morgan fingerprint density at radius 2 is 2.00 bits per heavy atom. The fourth-order valence-electron chi connectivity index (χ4n) is 0.486. The molecular weight excluding hydrogens is 104 g/mol. The second-order valence-electron chi connectivity index (χ2n) is 1.68. The molecule has 0 spiro atoms. The fraction of sp³-hybridized carbons (Fsp3) is 0.833. The summed E-state index contributed by atoms with van der Waals surface area (Å²) in [6.45, 7) is 0.235. The van der Waals surface area contributed by atoms with Crippen molar-refractivity contribution < 1.29 is 9.90 Å². The lowest BCUT2D eigenvalue weighted by Crippen LogP contribution is -1.82. The van der Waals surface area contributed by atoms with Gasteiger partial charge in [0.15, 0.2) is 6.29 Å². The van der Waals surface area contributed by atoms with Crippen LogP contribution in [0.1, 0.15) is 25.7 Å². The van der Waals surface area contributed by atoms with Crippen LogP contribution in [0.2, 0.25) is 0 Å². The van der Waals surface area contributed by atoms with Crippen molar-refractivity contribution in [2.75, 3.05) is 6.61 Å². The highest BCUT2D eigenvalue weighted by molar-refractivity contribution is 5.50. The minimum absolute atomic E-state index is 0.235. The van der Waals surface area contributed by atoms with Gasteiger partial charge in [-0.25, -0.2) is 0 Å². The van der Waals surface area contributed by atoms with Gasteiger partial charge in [0.2, 0.25) is 0 Å². The SMILES string of the molecule is O=[C]CCCCCO. The standard InChI is InChI=1S/C6H11O2/c7-5-3-1-2-4-6-8/h7H,1-5H2. The molecule has 0 rings (SSSR count). The van der Waals surface area contributed by atoms with Crippen molar-refractivity contribution >= 4 is 6.29 Å². The fourth-order valence-corrected chi connectivity index (χ4v) is 0.486. The smallest absolute Gasteiger partial charge is 0.198 e. The van der Waals surface area contributed by atoms with Crippen LogP contribution in [0.3, 0.4) is 0 Å². The van der Waals surface area contributed by atoms with Crippen LogP contribution >= 0.6 is 0 Å². The number of aliphatic hydroxyl groups excluding tert-OH is 1. The summed E-state index contributed by atoms with van der Waals surface area (Å²) in [5.74, 6) is 0. The molecule has 0 aromatic carbocycles. The molecule has 8 heavy (non-hydrogen) atoms. The summed E-state index contributed by atoms with van der Waals surface area (Å²) >= 11 is 0. The van der Waals surface area contributed by atoms with E-state index < -0.39 is 0 Å². The van der Waals surface area contributed by atoms with Crippen molar-refractivity contribution in [1.82, 2.24) is 0 Å². The number of rotatable bonds is 5. The van der Waals surface area contributed by atoms with Crippen LogP contribution in [0.15, 0.2) is 0 Å². The predicted molar refractivity (Wildman–Crippen MR) is 31.2 cm³/mol. The molecule has 0 heterocycles. The first-order chi connectivity index (χ1) is 3.91. The molecule has 47 valence electrons. The van der Waals surface area contributed by atoms with Crippen LogP contribution in [-0.2, 0) is 4.79 Å². The monoisotopic (exact) mass is 115 g/mol. The molecule has 0 saturated heterocycles. The van der Waals surface area contributed by atoms with E-state index in [0.717, 1.165) is 19.3 Å². The zero-order valence-corrected chi connectivity index (χ0v) is 4.89. The third kappa shape index (κ3) is 5.63. The van der Waals surface area contributed by atoms with Gasteiger partial charge in [0.05, 0.1) is 0 Å². The highest BCUT2D eigenvalue weighted by Gasteiger charge is 1.85. The third-order valence-electron chi connectivity index (χ3n) is 0.937. The first-order valence-electron chi connectivity index (χ1n) is 2.87. The molecule has 0 aromatic heterocycles. The van der Waals surface area contributed by atoms with Crippen molar-refractivity contribution in [3.8, 4) is 0 Å². The number of unbranched alkanes of at least 4 members (excludes halogenated alkanes) is 3. The molecule has 0 aliphatic rings. The lowest BCUT2D eigenvalue weighted by molar-refractivity contribution is 0.283. The lowest BCUT2D eigenvalue weighted by Gasteiger charge is -1.89. The Kier molecular flexibility index (Phi) is 6.32. The van der Waals surface area contributed by atoms with Crippen molar-refractivity contribution in [2.45, 2.75) is 25.7 Å². The molecule has 0 atom stereocenters. The first-order valence-corrected chi connectivity index (χ1v) is 2.87. The Balaban J connectivity index is 2.62. The second kappa shape index (κ2) is 6.63. The molecular formula is C6H11O2. The van der Waals surface area contributed by atoms with Crippen molar-refractivity contribution in [3.63, 3.8) is 0 Å². The van der Waals surface area contributed by atoms with E-state index in [1.165, 1.54) is 0 Å². The molecule has 0 aliphatic heterocycles. The van der Waals surface area contributed by atoms with Crippen LogP contribution in [0.4, 0.5) is 0 Å². The minimum Gasteiger partial charge on any atom is -0.396 e. The lowest BCUT2D eigenvalue weighted by atomic mass is 10.2. The molecule has 0 unspecified atom stereocenters. The third-order valence-corrected chi connectivity index (χ3v) is 0.937. The maximum Gasteiger partial charge on any atom is 0.198 e. The van der Waals surface area contributed by atoms with E-state index in [9.17, 15) is 4.79 Å². The Morgan fingerprint density at radius 1 is 1.25 bits per heavy atom. The zero-order chi connectivity index (χ0) is 6.24. The zero-order valence-electron chi connectivity index (χ0n) is 4.89. The van der Waals surface area contributed by atoms with Gasteiger partial charge < -0.3 is 5.11 Å². The molecule has 2 nitrogen and oxygen atoms in total. The molecule has 0 aliphatic carbocycles. The molecule has 0 bridgehead atoms. The van der Waals surface area contributed by atoms with Gasteiger partial charge in [-0.2, -0.15) is 0 Å². The summed E-state index contributed by atoms with van der Waals surface area (Å²) in [6.07, 6.45) is 4.92. The molecule has 0 aromatic rings. The molecule has 0 amide bonds. The Morgan fingerprint density at radius 3 is 2.50 bits per heavy atom. The molecule has 0 saturated carbocycles.